The number of methoxy groups -OCH3 is 1. The zero-order valence-electron chi connectivity index (χ0n) is 13.1. The Kier molecular flexibility index (Phi) is 4.60. The third kappa shape index (κ3) is 3.14. The number of hydrogen-bond acceptors (Lipinski definition) is 4. The minimum Gasteiger partial charge on any atom is -0.495 e. The fourth-order valence-electron chi connectivity index (χ4n) is 2.08. The van der Waals surface area contributed by atoms with Gasteiger partial charge in [0.15, 0.2) is 0 Å². The van der Waals surface area contributed by atoms with E-state index >= 15 is 0 Å². The number of amides is 1. The molecule has 0 aliphatic rings. The predicted molar refractivity (Wildman–Crippen MR) is 87.6 cm³/mol. The Balaban J connectivity index is 2.47. The predicted octanol–water partition coefficient (Wildman–Crippen LogP) is 1.31. The first-order valence-electron chi connectivity index (χ1n) is 6.68. The number of carbonyl (C=O) groups is 1. The highest BCUT2D eigenvalue weighted by molar-refractivity contribution is 6.31. The van der Waals surface area contributed by atoms with Gasteiger partial charge in [0.25, 0.3) is 11.5 Å². The number of ether oxygens (including phenoxy) is 1. The number of hydrogen-bond donors (Lipinski definition) is 1. The lowest BCUT2D eigenvalue weighted by molar-refractivity contribution is 0.102. The average molecular weight is 338 g/mol. The van der Waals surface area contributed by atoms with Gasteiger partial charge in [0.1, 0.15) is 11.3 Å². The second-order valence-electron chi connectivity index (χ2n) is 5.06. The van der Waals surface area contributed by atoms with E-state index in [-0.39, 0.29) is 5.56 Å². The van der Waals surface area contributed by atoms with Crippen molar-refractivity contribution in [3.05, 3.63) is 55.3 Å². The second-order valence-corrected chi connectivity index (χ2v) is 5.46. The van der Waals surface area contributed by atoms with Crippen molar-refractivity contribution in [2.45, 2.75) is 6.92 Å². The SMILES string of the molecule is COc1cc(Cl)c(C)cc1NC(=O)c1cn(C)c(=O)n(C)c1=O. The van der Waals surface area contributed by atoms with Gasteiger partial charge >= 0.3 is 5.69 Å². The summed E-state index contributed by atoms with van der Waals surface area (Å²) >= 11 is 6.02. The van der Waals surface area contributed by atoms with Crippen LogP contribution in [0.15, 0.2) is 27.9 Å². The number of aromatic nitrogens is 2. The van der Waals surface area contributed by atoms with Crippen molar-refractivity contribution in [1.82, 2.24) is 9.13 Å². The molecule has 0 spiro atoms. The Morgan fingerprint density at radius 3 is 2.52 bits per heavy atom. The zero-order chi connectivity index (χ0) is 17.3. The van der Waals surface area contributed by atoms with E-state index < -0.39 is 17.2 Å². The number of halogens is 1. The summed E-state index contributed by atoms with van der Waals surface area (Å²) in [6.07, 6.45) is 1.20. The number of aryl methyl sites for hydroxylation is 2. The maximum Gasteiger partial charge on any atom is 0.330 e. The maximum atomic E-state index is 12.4. The molecule has 0 saturated heterocycles. The van der Waals surface area contributed by atoms with Crippen molar-refractivity contribution in [2.75, 3.05) is 12.4 Å². The van der Waals surface area contributed by atoms with Gasteiger partial charge < -0.3 is 14.6 Å². The highest BCUT2D eigenvalue weighted by Gasteiger charge is 2.17. The zero-order valence-corrected chi connectivity index (χ0v) is 13.9. The van der Waals surface area contributed by atoms with E-state index in [0.29, 0.717) is 16.5 Å². The van der Waals surface area contributed by atoms with E-state index in [9.17, 15) is 14.4 Å². The summed E-state index contributed by atoms with van der Waals surface area (Å²) in [6.45, 7) is 1.78. The fraction of sp³-hybridized carbons (Fsp3) is 0.267. The van der Waals surface area contributed by atoms with E-state index in [1.807, 2.05) is 0 Å². The molecule has 1 N–H and O–H groups in total. The summed E-state index contributed by atoms with van der Waals surface area (Å²) in [4.78, 5) is 36.1. The Labute approximate surface area is 137 Å². The molecule has 0 aliphatic carbocycles. The van der Waals surface area contributed by atoms with Crippen LogP contribution in [0.3, 0.4) is 0 Å². The molecule has 8 heteroatoms. The standard InChI is InChI=1S/C15H16ClN3O4/c1-8-5-11(12(23-4)6-10(8)16)17-13(20)9-7-18(2)15(22)19(3)14(9)21/h5-7H,1-4H3,(H,17,20). The quantitative estimate of drug-likeness (QED) is 0.915. The first kappa shape index (κ1) is 16.8. The lowest BCUT2D eigenvalue weighted by atomic mass is 10.2. The summed E-state index contributed by atoms with van der Waals surface area (Å²) in [5.74, 6) is -0.267. The number of nitrogens with zero attached hydrogens (tertiary/aromatic N) is 2. The van der Waals surface area contributed by atoms with Gasteiger partial charge in [0, 0.05) is 31.4 Å². The smallest absolute Gasteiger partial charge is 0.330 e. The van der Waals surface area contributed by atoms with Gasteiger partial charge in [-0.05, 0) is 18.6 Å². The van der Waals surface area contributed by atoms with Gasteiger partial charge in [-0.25, -0.2) is 4.79 Å². The van der Waals surface area contributed by atoms with Crippen LogP contribution >= 0.6 is 11.6 Å². The molecule has 0 saturated carbocycles. The summed E-state index contributed by atoms with van der Waals surface area (Å²) in [5.41, 5.74) is -0.197. The molecular weight excluding hydrogens is 322 g/mol. The molecule has 0 atom stereocenters. The molecule has 23 heavy (non-hydrogen) atoms. The van der Waals surface area contributed by atoms with E-state index in [4.69, 9.17) is 16.3 Å². The Morgan fingerprint density at radius 2 is 1.91 bits per heavy atom. The monoisotopic (exact) mass is 337 g/mol. The molecule has 0 aliphatic heterocycles. The van der Waals surface area contributed by atoms with Crippen molar-refractivity contribution < 1.29 is 9.53 Å². The van der Waals surface area contributed by atoms with Crippen molar-refractivity contribution in [3.8, 4) is 5.75 Å². The highest BCUT2D eigenvalue weighted by Crippen LogP contribution is 2.31. The number of nitrogens with one attached hydrogen (secondary N) is 1. The number of benzene rings is 1. The molecule has 7 nitrogen and oxygen atoms in total. The molecule has 0 radical (unpaired) electrons. The molecule has 2 aromatic rings. The van der Waals surface area contributed by atoms with E-state index in [2.05, 4.69) is 5.32 Å². The molecule has 0 unspecified atom stereocenters. The van der Waals surface area contributed by atoms with Gasteiger partial charge in [-0.15, -0.1) is 0 Å². The third-order valence-electron chi connectivity index (χ3n) is 3.42. The fourth-order valence-corrected chi connectivity index (χ4v) is 2.24. The van der Waals surface area contributed by atoms with Gasteiger partial charge in [0.05, 0.1) is 12.8 Å². The normalized spacial score (nSPS) is 10.5. The molecule has 1 amide bonds. The first-order chi connectivity index (χ1) is 10.8. The van der Waals surface area contributed by atoms with Crippen molar-refractivity contribution in [2.24, 2.45) is 14.1 Å². The molecule has 1 aromatic heterocycles. The van der Waals surface area contributed by atoms with Crippen LogP contribution in [0.5, 0.6) is 5.75 Å². The van der Waals surface area contributed by atoms with E-state index in [1.54, 1.807) is 19.1 Å². The van der Waals surface area contributed by atoms with Crippen LogP contribution in [0.1, 0.15) is 15.9 Å². The summed E-state index contributed by atoms with van der Waals surface area (Å²) in [6, 6.07) is 3.22. The Hall–Kier alpha value is -2.54. The lowest BCUT2D eigenvalue weighted by Crippen LogP contribution is -2.40. The third-order valence-corrected chi connectivity index (χ3v) is 3.83. The topological polar surface area (TPSA) is 82.3 Å². The van der Waals surface area contributed by atoms with Gasteiger partial charge in [-0.1, -0.05) is 11.6 Å². The molecule has 1 heterocycles. The van der Waals surface area contributed by atoms with Gasteiger partial charge in [0.2, 0.25) is 0 Å². The van der Waals surface area contributed by atoms with Crippen LogP contribution in [-0.4, -0.2) is 22.2 Å². The van der Waals surface area contributed by atoms with Crippen LogP contribution in [0.25, 0.3) is 0 Å². The van der Waals surface area contributed by atoms with E-state index in [0.717, 1.165) is 10.1 Å². The largest absolute Gasteiger partial charge is 0.495 e. The summed E-state index contributed by atoms with van der Waals surface area (Å²) < 4.78 is 7.22. The van der Waals surface area contributed by atoms with Crippen LogP contribution in [0, 0.1) is 6.92 Å². The number of rotatable bonds is 3. The Morgan fingerprint density at radius 1 is 1.26 bits per heavy atom. The van der Waals surface area contributed by atoms with Crippen LogP contribution < -0.4 is 21.3 Å². The summed E-state index contributed by atoms with van der Waals surface area (Å²) in [7, 11) is 4.22. The van der Waals surface area contributed by atoms with Crippen molar-refractivity contribution in [3.63, 3.8) is 0 Å². The van der Waals surface area contributed by atoms with Crippen LogP contribution in [0.4, 0.5) is 5.69 Å². The van der Waals surface area contributed by atoms with Crippen LogP contribution in [-0.2, 0) is 14.1 Å². The molecule has 0 fully saturated rings. The van der Waals surface area contributed by atoms with Gasteiger partial charge in [-0.3, -0.25) is 14.2 Å². The number of carbonyl (C=O) groups excluding carboxylic acids is 1. The molecular formula is C15H16ClN3O4. The summed E-state index contributed by atoms with van der Waals surface area (Å²) in [5, 5.41) is 3.11. The van der Waals surface area contributed by atoms with Crippen molar-refractivity contribution >= 4 is 23.2 Å². The number of anilines is 1. The van der Waals surface area contributed by atoms with Crippen molar-refractivity contribution in [1.29, 1.82) is 0 Å². The molecule has 122 valence electrons. The molecule has 2 rings (SSSR count). The van der Waals surface area contributed by atoms with E-state index in [1.165, 1.54) is 32.0 Å². The minimum atomic E-state index is -0.671. The van der Waals surface area contributed by atoms with Gasteiger partial charge in [-0.2, -0.15) is 0 Å². The average Bonchev–Trinajstić information content (AvgIpc) is 2.51. The van der Waals surface area contributed by atoms with Crippen LogP contribution in [0.2, 0.25) is 5.02 Å². The molecule has 0 bridgehead atoms. The Bertz CT molecular complexity index is 899. The second kappa shape index (κ2) is 6.29. The maximum absolute atomic E-state index is 12.4. The highest BCUT2D eigenvalue weighted by atomic mass is 35.5. The lowest BCUT2D eigenvalue weighted by Gasteiger charge is -2.12. The first-order valence-corrected chi connectivity index (χ1v) is 7.06. The molecule has 1 aromatic carbocycles. The minimum absolute atomic E-state index is 0.149.